The molecule has 1 aromatic heterocycles. The van der Waals surface area contributed by atoms with Gasteiger partial charge in [-0.3, -0.25) is 0 Å². The summed E-state index contributed by atoms with van der Waals surface area (Å²) < 4.78 is 0. The second-order valence-electron chi connectivity index (χ2n) is 5.45. The predicted molar refractivity (Wildman–Crippen MR) is 80.7 cm³/mol. The minimum absolute atomic E-state index is 0.686. The van der Waals surface area contributed by atoms with Crippen molar-refractivity contribution in [2.24, 2.45) is 5.92 Å². The number of aromatic nitrogens is 2. The van der Waals surface area contributed by atoms with Gasteiger partial charge in [0, 0.05) is 31.5 Å². The summed E-state index contributed by atoms with van der Waals surface area (Å²) in [5.74, 6) is 4.49. The average molecular weight is 278 g/mol. The first-order chi connectivity index (χ1) is 9.42. The van der Waals surface area contributed by atoms with Crippen LogP contribution >= 0.6 is 11.8 Å². The van der Waals surface area contributed by atoms with Crippen LogP contribution in [-0.4, -0.2) is 47.1 Å². The first-order valence-electron chi connectivity index (χ1n) is 7.25. The molecule has 3 heterocycles. The SMILES string of the molecule is c1cnc(N2CCC(NCC3CCSC3)CC2)nc1. The Morgan fingerprint density at radius 1 is 1.21 bits per heavy atom. The molecule has 0 radical (unpaired) electrons. The quantitative estimate of drug-likeness (QED) is 0.909. The molecule has 104 valence electrons. The molecule has 2 saturated heterocycles. The number of anilines is 1. The molecule has 0 saturated carbocycles. The van der Waals surface area contributed by atoms with Crippen LogP contribution in [-0.2, 0) is 0 Å². The molecular weight excluding hydrogens is 256 g/mol. The highest BCUT2D eigenvalue weighted by Crippen LogP contribution is 2.23. The van der Waals surface area contributed by atoms with E-state index in [1.165, 1.54) is 37.3 Å². The van der Waals surface area contributed by atoms with Gasteiger partial charge in [-0.25, -0.2) is 9.97 Å². The minimum Gasteiger partial charge on any atom is -0.341 e. The van der Waals surface area contributed by atoms with Crippen molar-refractivity contribution in [2.45, 2.75) is 25.3 Å². The van der Waals surface area contributed by atoms with Gasteiger partial charge in [-0.2, -0.15) is 11.8 Å². The van der Waals surface area contributed by atoms with Gasteiger partial charge in [-0.1, -0.05) is 0 Å². The topological polar surface area (TPSA) is 41.1 Å². The molecule has 1 atom stereocenters. The number of rotatable bonds is 4. The highest BCUT2D eigenvalue weighted by atomic mass is 32.2. The second-order valence-corrected chi connectivity index (χ2v) is 6.60. The third-order valence-corrected chi connectivity index (χ3v) is 5.28. The monoisotopic (exact) mass is 278 g/mol. The molecule has 0 aromatic carbocycles. The lowest BCUT2D eigenvalue weighted by molar-refractivity contribution is 0.385. The zero-order valence-corrected chi connectivity index (χ0v) is 12.1. The first kappa shape index (κ1) is 13.2. The molecule has 1 aromatic rings. The summed E-state index contributed by atoms with van der Waals surface area (Å²) in [6.45, 7) is 3.35. The number of hydrogen-bond donors (Lipinski definition) is 1. The van der Waals surface area contributed by atoms with E-state index in [-0.39, 0.29) is 0 Å². The van der Waals surface area contributed by atoms with Crippen molar-refractivity contribution in [2.75, 3.05) is 36.0 Å². The van der Waals surface area contributed by atoms with E-state index >= 15 is 0 Å². The van der Waals surface area contributed by atoms with E-state index in [1.54, 1.807) is 0 Å². The Morgan fingerprint density at radius 2 is 2.00 bits per heavy atom. The first-order valence-corrected chi connectivity index (χ1v) is 8.40. The summed E-state index contributed by atoms with van der Waals surface area (Å²) in [4.78, 5) is 11.0. The summed E-state index contributed by atoms with van der Waals surface area (Å²) in [5, 5.41) is 3.75. The number of nitrogens with one attached hydrogen (secondary N) is 1. The third-order valence-electron chi connectivity index (χ3n) is 4.05. The summed E-state index contributed by atoms with van der Waals surface area (Å²) in [6, 6.07) is 2.56. The van der Waals surface area contributed by atoms with E-state index < -0.39 is 0 Å². The van der Waals surface area contributed by atoms with Gasteiger partial charge < -0.3 is 10.2 Å². The highest BCUT2D eigenvalue weighted by Gasteiger charge is 2.22. The lowest BCUT2D eigenvalue weighted by atomic mass is 10.0. The Bertz CT molecular complexity index is 372. The van der Waals surface area contributed by atoms with E-state index in [9.17, 15) is 0 Å². The van der Waals surface area contributed by atoms with Gasteiger partial charge in [0.05, 0.1) is 0 Å². The summed E-state index contributed by atoms with van der Waals surface area (Å²) in [6.07, 6.45) is 7.46. The molecule has 0 spiro atoms. The standard InChI is InChI=1S/C14H22N4S/c1-5-15-14(16-6-1)18-7-2-13(3-8-18)17-10-12-4-9-19-11-12/h1,5-6,12-13,17H,2-4,7-11H2. The van der Waals surface area contributed by atoms with Crippen LogP contribution in [0.3, 0.4) is 0 Å². The minimum atomic E-state index is 0.686. The Kier molecular flexibility index (Phi) is 4.56. The molecule has 4 nitrogen and oxygen atoms in total. The summed E-state index contributed by atoms with van der Waals surface area (Å²) in [5.41, 5.74) is 0. The fourth-order valence-electron chi connectivity index (χ4n) is 2.82. The third kappa shape index (κ3) is 3.60. The van der Waals surface area contributed by atoms with Crippen molar-refractivity contribution < 1.29 is 0 Å². The van der Waals surface area contributed by atoms with Gasteiger partial charge in [-0.15, -0.1) is 0 Å². The van der Waals surface area contributed by atoms with Crippen molar-refractivity contribution >= 4 is 17.7 Å². The van der Waals surface area contributed by atoms with Crippen molar-refractivity contribution in [3.8, 4) is 0 Å². The molecule has 2 fully saturated rings. The van der Waals surface area contributed by atoms with E-state index in [4.69, 9.17) is 0 Å². The summed E-state index contributed by atoms with van der Waals surface area (Å²) in [7, 11) is 0. The van der Waals surface area contributed by atoms with Gasteiger partial charge in [0.15, 0.2) is 0 Å². The predicted octanol–water partition coefficient (Wildman–Crippen LogP) is 1.79. The van der Waals surface area contributed by atoms with Crippen LogP contribution in [0.25, 0.3) is 0 Å². The molecule has 2 aliphatic rings. The molecule has 3 rings (SSSR count). The molecule has 2 aliphatic heterocycles. The Morgan fingerprint density at radius 3 is 2.68 bits per heavy atom. The molecule has 0 bridgehead atoms. The second kappa shape index (κ2) is 6.57. The van der Waals surface area contributed by atoms with Crippen molar-refractivity contribution in [3.05, 3.63) is 18.5 Å². The molecule has 0 amide bonds. The van der Waals surface area contributed by atoms with Crippen LogP contribution in [0, 0.1) is 5.92 Å². The maximum Gasteiger partial charge on any atom is 0.225 e. The largest absolute Gasteiger partial charge is 0.341 e. The number of thioether (sulfide) groups is 1. The lowest BCUT2D eigenvalue weighted by Gasteiger charge is -2.32. The molecule has 19 heavy (non-hydrogen) atoms. The zero-order valence-electron chi connectivity index (χ0n) is 11.3. The van der Waals surface area contributed by atoms with Crippen LogP contribution in [0.15, 0.2) is 18.5 Å². The smallest absolute Gasteiger partial charge is 0.225 e. The van der Waals surface area contributed by atoms with Crippen molar-refractivity contribution in [3.63, 3.8) is 0 Å². The van der Waals surface area contributed by atoms with Gasteiger partial charge in [0.2, 0.25) is 5.95 Å². The van der Waals surface area contributed by atoms with Crippen LogP contribution < -0.4 is 10.2 Å². The number of piperidine rings is 1. The van der Waals surface area contributed by atoms with Crippen LogP contribution in [0.2, 0.25) is 0 Å². The average Bonchev–Trinajstić information content (AvgIpc) is 3.00. The van der Waals surface area contributed by atoms with E-state index in [0.717, 1.165) is 25.0 Å². The maximum atomic E-state index is 4.33. The number of hydrogen-bond acceptors (Lipinski definition) is 5. The normalized spacial score (nSPS) is 24.8. The molecule has 5 heteroatoms. The molecular formula is C14H22N4S. The van der Waals surface area contributed by atoms with E-state index in [0.29, 0.717) is 6.04 Å². The highest BCUT2D eigenvalue weighted by molar-refractivity contribution is 7.99. The Labute approximate surface area is 119 Å². The lowest BCUT2D eigenvalue weighted by Crippen LogP contribution is -2.44. The van der Waals surface area contributed by atoms with E-state index in [2.05, 4.69) is 31.9 Å². The molecule has 1 N–H and O–H groups in total. The van der Waals surface area contributed by atoms with Gasteiger partial charge >= 0.3 is 0 Å². The van der Waals surface area contributed by atoms with Crippen LogP contribution in [0.1, 0.15) is 19.3 Å². The molecule has 0 aliphatic carbocycles. The maximum absolute atomic E-state index is 4.33. The van der Waals surface area contributed by atoms with Crippen LogP contribution in [0.5, 0.6) is 0 Å². The van der Waals surface area contributed by atoms with Gasteiger partial charge in [-0.05, 0) is 49.3 Å². The fourth-order valence-corrected chi connectivity index (χ4v) is 4.10. The van der Waals surface area contributed by atoms with E-state index in [1.807, 2.05) is 18.5 Å². The molecule has 1 unspecified atom stereocenters. The zero-order chi connectivity index (χ0) is 12.9. The van der Waals surface area contributed by atoms with Crippen molar-refractivity contribution in [1.82, 2.24) is 15.3 Å². The Balaban J connectivity index is 1.42. The summed E-state index contributed by atoms with van der Waals surface area (Å²) >= 11 is 2.10. The number of nitrogens with zero attached hydrogens (tertiary/aromatic N) is 3. The van der Waals surface area contributed by atoms with Gasteiger partial charge in [0.25, 0.3) is 0 Å². The Hall–Kier alpha value is -0.810. The fraction of sp³-hybridized carbons (Fsp3) is 0.714. The van der Waals surface area contributed by atoms with Crippen molar-refractivity contribution in [1.29, 1.82) is 0 Å². The van der Waals surface area contributed by atoms with Crippen LogP contribution in [0.4, 0.5) is 5.95 Å². The van der Waals surface area contributed by atoms with Gasteiger partial charge in [0.1, 0.15) is 0 Å².